The van der Waals surface area contributed by atoms with Crippen LogP contribution in [0.3, 0.4) is 0 Å². The van der Waals surface area contributed by atoms with Crippen molar-refractivity contribution in [1.82, 2.24) is 0 Å². The fourth-order valence-electron chi connectivity index (χ4n) is 1.03. The zero-order chi connectivity index (χ0) is 11.3. The number of anilines is 1. The van der Waals surface area contributed by atoms with Gasteiger partial charge in [0.05, 0.1) is 7.11 Å². The molecule has 1 N–H and O–H groups in total. The molecule has 0 aliphatic heterocycles. The number of hydrogen-bond donors (Lipinski definition) is 1. The van der Waals surface area contributed by atoms with E-state index in [-0.39, 0.29) is 5.91 Å². The van der Waals surface area contributed by atoms with Crippen LogP contribution in [0.2, 0.25) is 0 Å². The third kappa shape index (κ3) is 4.04. The van der Waals surface area contributed by atoms with Gasteiger partial charge in [-0.1, -0.05) is 11.6 Å². The predicted octanol–water partition coefficient (Wildman–Crippen LogP) is 2.78. The summed E-state index contributed by atoms with van der Waals surface area (Å²) in [6.07, 6.45) is 1.33. The number of carbonyl (C=O) groups is 1. The van der Waals surface area contributed by atoms with Gasteiger partial charge in [0.25, 0.3) is 0 Å². The molecular formula is C11H12ClNO2. The Hall–Kier alpha value is -1.48. The molecule has 0 atom stereocenters. The van der Waals surface area contributed by atoms with E-state index in [1.807, 2.05) is 0 Å². The highest BCUT2D eigenvalue weighted by Crippen LogP contribution is 2.15. The molecule has 0 aliphatic rings. The third-order valence-corrected chi connectivity index (χ3v) is 1.80. The Morgan fingerprint density at radius 3 is 2.47 bits per heavy atom. The molecule has 15 heavy (non-hydrogen) atoms. The Balaban J connectivity index is 2.65. The average Bonchev–Trinajstić information content (AvgIpc) is 2.17. The smallest absolute Gasteiger partial charge is 0.249 e. The summed E-state index contributed by atoms with van der Waals surface area (Å²) < 4.78 is 4.99. The van der Waals surface area contributed by atoms with Gasteiger partial charge in [0, 0.05) is 16.8 Å². The van der Waals surface area contributed by atoms with Gasteiger partial charge < -0.3 is 10.1 Å². The predicted molar refractivity (Wildman–Crippen MR) is 61.2 cm³/mol. The van der Waals surface area contributed by atoms with Crippen molar-refractivity contribution in [2.45, 2.75) is 6.92 Å². The van der Waals surface area contributed by atoms with Gasteiger partial charge in [-0.25, -0.2) is 0 Å². The van der Waals surface area contributed by atoms with Gasteiger partial charge >= 0.3 is 0 Å². The number of nitrogens with one attached hydrogen (secondary N) is 1. The topological polar surface area (TPSA) is 38.3 Å². The highest BCUT2D eigenvalue weighted by atomic mass is 35.5. The zero-order valence-corrected chi connectivity index (χ0v) is 9.34. The summed E-state index contributed by atoms with van der Waals surface area (Å²) in [5.74, 6) is 0.504. The number of amides is 1. The summed E-state index contributed by atoms with van der Waals surface area (Å²) in [5, 5.41) is 3.11. The quantitative estimate of drug-likeness (QED) is 0.804. The Bertz CT molecular complexity index is 367. The zero-order valence-electron chi connectivity index (χ0n) is 8.58. The summed E-state index contributed by atoms with van der Waals surface area (Å²) >= 11 is 5.57. The van der Waals surface area contributed by atoms with Crippen LogP contribution in [0.25, 0.3) is 0 Å². The molecule has 1 aromatic carbocycles. The molecule has 0 saturated heterocycles. The third-order valence-electron chi connectivity index (χ3n) is 1.69. The lowest BCUT2D eigenvalue weighted by atomic mass is 10.3. The minimum Gasteiger partial charge on any atom is -0.497 e. The van der Waals surface area contributed by atoms with Crippen LogP contribution in [0.4, 0.5) is 5.69 Å². The highest BCUT2D eigenvalue weighted by Gasteiger charge is 1.98. The van der Waals surface area contributed by atoms with E-state index in [4.69, 9.17) is 16.3 Å². The van der Waals surface area contributed by atoms with Gasteiger partial charge in [0.15, 0.2) is 0 Å². The Morgan fingerprint density at radius 1 is 1.40 bits per heavy atom. The van der Waals surface area contributed by atoms with Crippen LogP contribution in [-0.2, 0) is 4.79 Å². The van der Waals surface area contributed by atoms with Crippen LogP contribution in [0.15, 0.2) is 35.4 Å². The molecule has 0 aliphatic carbocycles. The Morgan fingerprint density at radius 2 is 2.00 bits per heavy atom. The number of benzene rings is 1. The van der Waals surface area contributed by atoms with Crippen molar-refractivity contribution in [1.29, 1.82) is 0 Å². The second kappa shape index (κ2) is 5.41. The monoisotopic (exact) mass is 225 g/mol. The molecule has 80 valence electrons. The fourth-order valence-corrected chi connectivity index (χ4v) is 1.13. The maximum atomic E-state index is 11.3. The Kier molecular flexibility index (Phi) is 4.18. The lowest BCUT2D eigenvalue weighted by Gasteiger charge is -2.03. The van der Waals surface area contributed by atoms with Crippen molar-refractivity contribution in [2.24, 2.45) is 0 Å². The first-order valence-corrected chi connectivity index (χ1v) is 4.78. The van der Waals surface area contributed by atoms with Gasteiger partial charge in [0.1, 0.15) is 5.75 Å². The van der Waals surface area contributed by atoms with Crippen LogP contribution < -0.4 is 10.1 Å². The van der Waals surface area contributed by atoms with Crippen LogP contribution in [0.1, 0.15) is 6.92 Å². The molecule has 0 bridgehead atoms. The first-order valence-electron chi connectivity index (χ1n) is 4.40. The van der Waals surface area contributed by atoms with Gasteiger partial charge in [-0.3, -0.25) is 4.79 Å². The summed E-state index contributed by atoms with van der Waals surface area (Å²) in [4.78, 5) is 11.3. The Labute approximate surface area is 93.7 Å². The molecule has 0 aromatic heterocycles. The van der Waals surface area contributed by atoms with E-state index in [2.05, 4.69) is 5.32 Å². The van der Waals surface area contributed by atoms with E-state index in [1.165, 1.54) is 6.08 Å². The van der Waals surface area contributed by atoms with E-state index in [9.17, 15) is 4.79 Å². The molecule has 0 radical (unpaired) electrons. The van der Waals surface area contributed by atoms with Crippen molar-refractivity contribution in [2.75, 3.05) is 12.4 Å². The number of ether oxygens (including phenoxy) is 1. The summed E-state index contributed by atoms with van der Waals surface area (Å²) in [6, 6.07) is 7.06. The van der Waals surface area contributed by atoms with Crippen molar-refractivity contribution < 1.29 is 9.53 Å². The number of rotatable bonds is 3. The van der Waals surface area contributed by atoms with Gasteiger partial charge in [-0.15, -0.1) is 0 Å². The maximum Gasteiger partial charge on any atom is 0.249 e. The number of halogens is 1. The van der Waals surface area contributed by atoms with Crippen molar-refractivity contribution >= 4 is 23.2 Å². The molecular weight excluding hydrogens is 214 g/mol. The molecule has 1 aromatic rings. The van der Waals surface area contributed by atoms with Crippen molar-refractivity contribution in [3.05, 3.63) is 35.4 Å². The lowest BCUT2D eigenvalue weighted by Crippen LogP contribution is -2.07. The van der Waals surface area contributed by atoms with Crippen LogP contribution in [0, 0.1) is 0 Å². The molecule has 0 heterocycles. The first-order chi connectivity index (χ1) is 7.11. The standard InChI is InChI=1S/C11H12ClNO2/c1-8(12)7-11(14)13-9-3-5-10(15-2)6-4-9/h3-7H,1-2H3,(H,13,14). The number of methoxy groups -OCH3 is 1. The molecule has 4 heteroatoms. The first kappa shape index (κ1) is 11.6. The second-order valence-corrected chi connectivity index (χ2v) is 3.55. The van der Waals surface area contributed by atoms with Gasteiger partial charge in [0.2, 0.25) is 5.91 Å². The van der Waals surface area contributed by atoms with E-state index < -0.39 is 0 Å². The molecule has 3 nitrogen and oxygen atoms in total. The van der Waals surface area contributed by atoms with E-state index in [0.29, 0.717) is 10.7 Å². The van der Waals surface area contributed by atoms with Crippen LogP contribution in [-0.4, -0.2) is 13.0 Å². The molecule has 0 unspecified atom stereocenters. The summed E-state index contributed by atoms with van der Waals surface area (Å²) in [5.41, 5.74) is 0.704. The SMILES string of the molecule is COc1ccc(NC(=O)C=C(C)Cl)cc1. The van der Waals surface area contributed by atoms with E-state index in [0.717, 1.165) is 5.75 Å². The molecule has 1 amide bonds. The molecule has 0 saturated carbocycles. The van der Waals surface area contributed by atoms with Crippen molar-refractivity contribution in [3.8, 4) is 5.75 Å². The van der Waals surface area contributed by atoms with Crippen molar-refractivity contribution in [3.63, 3.8) is 0 Å². The highest BCUT2D eigenvalue weighted by molar-refractivity contribution is 6.31. The minimum atomic E-state index is -0.243. The maximum absolute atomic E-state index is 11.3. The molecule has 0 fully saturated rings. The number of carbonyl (C=O) groups excluding carboxylic acids is 1. The molecule has 1 rings (SSSR count). The average molecular weight is 226 g/mol. The number of allylic oxidation sites excluding steroid dienone is 1. The minimum absolute atomic E-state index is 0.243. The fraction of sp³-hybridized carbons (Fsp3) is 0.182. The summed E-state index contributed by atoms with van der Waals surface area (Å²) in [7, 11) is 1.59. The summed E-state index contributed by atoms with van der Waals surface area (Å²) in [6.45, 7) is 1.65. The van der Waals surface area contributed by atoms with Crippen LogP contribution in [0.5, 0.6) is 5.75 Å². The lowest BCUT2D eigenvalue weighted by molar-refractivity contribution is -0.111. The largest absolute Gasteiger partial charge is 0.497 e. The van der Waals surface area contributed by atoms with Gasteiger partial charge in [-0.2, -0.15) is 0 Å². The van der Waals surface area contributed by atoms with E-state index in [1.54, 1.807) is 38.3 Å². The number of hydrogen-bond acceptors (Lipinski definition) is 2. The normalized spacial score (nSPS) is 11.0. The second-order valence-electron chi connectivity index (χ2n) is 2.95. The van der Waals surface area contributed by atoms with Crippen LogP contribution >= 0.6 is 11.6 Å². The van der Waals surface area contributed by atoms with Gasteiger partial charge in [-0.05, 0) is 31.2 Å². The molecule has 0 spiro atoms. The van der Waals surface area contributed by atoms with E-state index >= 15 is 0 Å².